The number of rotatable bonds is 5. The maximum Gasteiger partial charge on any atom is -0.00931 e. The molecule has 1 rings (SSSR count). The molecule has 0 heterocycles. The maximum absolute atomic E-state index is 2.32. The predicted octanol–water partition coefficient (Wildman–Crippen LogP) is 4.07. The minimum Gasteiger partial charge on any atom is -0.0628 e. The fourth-order valence-corrected chi connectivity index (χ4v) is 1.38. The number of unbranched alkanes of at least 4 members (excludes halogenated alkanes) is 1. The van der Waals surface area contributed by atoms with E-state index in [9.17, 15) is 0 Å². The molecule has 0 bridgehead atoms. The van der Waals surface area contributed by atoms with Crippen molar-refractivity contribution in [2.75, 3.05) is 0 Å². The minimum atomic E-state index is 0.837. The van der Waals surface area contributed by atoms with E-state index in [4.69, 9.17) is 0 Å². The van der Waals surface area contributed by atoms with Crippen LogP contribution in [0.1, 0.15) is 38.7 Å². The van der Waals surface area contributed by atoms with Gasteiger partial charge >= 0.3 is 0 Å². The Labute approximate surface area is 82.0 Å². The largest absolute Gasteiger partial charge is 0.0628 e. The molecule has 0 nitrogen and oxygen atoms in total. The SMILES string of the molecule is CC(C)CCC[CH]c1ccccc1. The van der Waals surface area contributed by atoms with Gasteiger partial charge in [-0.05, 0) is 24.3 Å². The third-order valence-corrected chi connectivity index (χ3v) is 2.17. The van der Waals surface area contributed by atoms with E-state index in [1.54, 1.807) is 0 Å². The molecule has 0 aliphatic carbocycles. The average Bonchev–Trinajstić information content (AvgIpc) is 2.14. The standard InChI is InChI=1S/C13H19/c1-12(2)8-6-7-11-13-9-4-3-5-10-13/h3-5,9-12H,6-8H2,1-2H3. The summed E-state index contributed by atoms with van der Waals surface area (Å²) in [6.45, 7) is 4.56. The smallest absolute Gasteiger partial charge is 0.00931 e. The van der Waals surface area contributed by atoms with Crippen LogP contribution in [0.4, 0.5) is 0 Å². The van der Waals surface area contributed by atoms with Crippen LogP contribution in [0.25, 0.3) is 0 Å². The molecule has 0 saturated heterocycles. The molecule has 0 unspecified atom stereocenters. The zero-order chi connectivity index (χ0) is 9.52. The van der Waals surface area contributed by atoms with Crippen molar-refractivity contribution in [3.05, 3.63) is 42.3 Å². The molecular weight excluding hydrogens is 156 g/mol. The quantitative estimate of drug-likeness (QED) is 0.592. The van der Waals surface area contributed by atoms with Crippen LogP contribution in [-0.4, -0.2) is 0 Å². The lowest BCUT2D eigenvalue weighted by molar-refractivity contribution is 0.555. The van der Waals surface area contributed by atoms with Crippen molar-refractivity contribution in [3.63, 3.8) is 0 Å². The molecule has 0 aliphatic heterocycles. The molecule has 1 aromatic carbocycles. The Morgan fingerprint density at radius 1 is 1.15 bits per heavy atom. The van der Waals surface area contributed by atoms with Gasteiger partial charge in [0.25, 0.3) is 0 Å². The van der Waals surface area contributed by atoms with Crippen LogP contribution in [0.5, 0.6) is 0 Å². The van der Waals surface area contributed by atoms with Crippen LogP contribution >= 0.6 is 0 Å². The van der Waals surface area contributed by atoms with Gasteiger partial charge < -0.3 is 0 Å². The van der Waals surface area contributed by atoms with Gasteiger partial charge in [-0.15, -0.1) is 0 Å². The monoisotopic (exact) mass is 175 g/mol. The highest BCUT2D eigenvalue weighted by Gasteiger charge is 1.95. The van der Waals surface area contributed by atoms with E-state index in [2.05, 4.69) is 50.6 Å². The van der Waals surface area contributed by atoms with Gasteiger partial charge in [0.2, 0.25) is 0 Å². The van der Waals surface area contributed by atoms with E-state index >= 15 is 0 Å². The summed E-state index contributed by atoms with van der Waals surface area (Å²) in [6, 6.07) is 10.6. The second-order valence-electron chi connectivity index (χ2n) is 3.94. The highest BCUT2D eigenvalue weighted by molar-refractivity contribution is 5.21. The van der Waals surface area contributed by atoms with Gasteiger partial charge in [0.15, 0.2) is 0 Å². The molecule has 0 atom stereocenters. The molecule has 1 aromatic rings. The van der Waals surface area contributed by atoms with Crippen LogP contribution in [0.2, 0.25) is 0 Å². The molecule has 0 aromatic heterocycles. The van der Waals surface area contributed by atoms with Crippen LogP contribution in [0.15, 0.2) is 30.3 Å². The molecule has 0 aliphatic rings. The number of hydrogen-bond acceptors (Lipinski definition) is 0. The number of hydrogen-bond donors (Lipinski definition) is 0. The Morgan fingerprint density at radius 2 is 1.85 bits per heavy atom. The molecule has 1 radical (unpaired) electrons. The second-order valence-corrected chi connectivity index (χ2v) is 3.94. The molecule has 0 amide bonds. The van der Waals surface area contributed by atoms with Crippen molar-refractivity contribution in [2.24, 2.45) is 5.92 Å². The van der Waals surface area contributed by atoms with Crippen molar-refractivity contribution in [1.82, 2.24) is 0 Å². The molecule has 71 valence electrons. The summed E-state index contributed by atoms with van der Waals surface area (Å²) in [6.07, 6.45) is 6.18. The van der Waals surface area contributed by atoms with Crippen molar-refractivity contribution in [1.29, 1.82) is 0 Å². The summed E-state index contributed by atoms with van der Waals surface area (Å²) in [7, 11) is 0. The Bertz CT molecular complexity index is 211. The summed E-state index contributed by atoms with van der Waals surface area (Å²) < 4.78 is 0. The Kier molecular flexibility index (Phi) is 4.59. The van der Waals surface area contributed by atoms with Gasteiger partial charge in [-0.2, -0.15) is 0 Å². The van der Waals surface area contributed by atoms with Gasteiger partial charge in [-0.3, -0.25) is 0 Å². The van der Waals surface area contributed by atoms with Crippen molar-refractivity contribution in [3.8, 4) is 0 Å². The molecular formula is C13H19. The summed E-state index contributed by atoms with van der Waals surface area (Å²) in [5.74, 6) is 0.837. The first-order chi connectivity index (χ1) is 6.29. The van der Waals surface area contributed by atoms with E-state index in [0.717, 1.165) is 5.92 Å². The van der Waals surface area contributed by atoms with Crippen molar-refractivity contribution >= 4 is 0 Å². The van der Waals surface area contributed by atoms with Gasteiger partial charge in [-0.1, -0.05) is 57.0 Å². The molecule has 13 heavy (non-hydrogen) atoms. The average molecular weight is 175 g/mol. The first kappa shape index (κ1) is 10.3. The molecule has 0 heteroatoms. The Balaban J connectivity index is 2.13. The molecule has 0 N–H and O–H groups in total. The maximum atomic E-state index is 2.32. The summed E-state index contributed by atoms with van der Waals surface area (Å²) >= 11 is 0. The summed E-state index contributed by atoms with van der Waals surface area (Å²) in [4.78, 5) is 0. The van der Waals surface area contributed by atoms with Gasteiger partial charge in [0.05, 0.1) is 0 Å². The topological polar surface area (TPSA) is 0 Å². The normalized spacial score (nSPS) is 10.7. The first-order valence-electron chi connectivity index (χ1n) is 5.17. The summed E-state index contributed by atoms with van der Waals surface area (Å²) in [5, 5.41) is 0. The lowest BCUT2D eigenvalue weighted by Gasteiger charge is -2.03. The van der Waals surface area contributed by atoms with Crippen LogP contribution < -0.4 is 0 Å². The van der Waals surface area contributed by atoms with E-state index < -0.39 is 0 Å². The lowest BCUT2D eigenvalue weighted by atomic mass is 10.0. The highest BCUT2D eigenvalue weighted by Crippen LogP contribution is 2.11. The second kappa shape index (κ2) is 5.80. The molecule has 0 saturated carbocycles. The van der Waals surface area contributed by atoms with Gasteiger partial charge in [-0.25, -0.2) is 0 Å². The van der Waals surface area contributed by atoms with Gasteiger partial charge in [0.1, 0.15) is 0 Å². The zero-order valence-corrected chi connectivity index (χ0v) is 8.66. The van der Waals surface area contributed by atoms with E-state index in [1.165, 1.54) is 24.8 Å². The number of benzene rings is 1. The third kappa shape index (κ3) is 4.72. The van der Waals surface area contributed by atoms with Gasteiger partial charge in [0, 0.05) is 0 Å². The Morgan fingerprint density at radius 3 is 2.46 bits per heavy atom. The zero-order valence-electron chi connectivity index (χ0n) is 8.66. The lowest BCUT2D eigenvalue weighted by Crippen LogP contribution is -1.88. The Hall–Kier alpha value is -0.780. The predicted molar refractivity (Wildman–Crippen MR) is 58.5 cm³/mol. The van der Waals surface area contributed by atoms with Crippen LogP contribution in [0.3, 0.4) is 0 Å². The van der Waals surface area contributed by atoms with Crippen molar-refractivity contribution in [2.45, 2.75) is 33.1 Å². The minimum absolute atomic E-state index is 0.837. The fourth-order valence-electron chi connectivity index (χ4n) is 1.38. The third-order valence-electron chi connectivity index (χ3n) is 2.17. The first-order valence-corrected chi connectivity index (χ1v) is 5.17. The highest BCUT2D eigenvalue weighted by atomic mass is 14.0. The molecule has 0 spiro atoms. The summed E-state index contributed by atoms with van der Waals surface area (Å²) in [5.41, 5.74) is 1.35. The van der Waals surface area contributed by atoms with Crippen LogP contribution in [-0.2, 0) is 0 Å². The van der Waals surface area contributed by atoms with E-state index in [1.807, 2.05) is 0 Å². The van der Waals surface area contributed by atoms with Crippen LogP contribution in [0, 0.1) is 12.3 Å². The fraction of sp³-hybridized carbons (Fsp3) is 0.462. The van der Waals surface area contributed by atoms with E-state index in [0.29, 0.717) is 0 Å². The van der Waals surface area contributed by atoms with E-state index in [-0.39, 0.29) is 0 Å². The molecule has 0 fully saturated rings. The van der Waals surface area contributed by atoms with Crippen molar-refractivity contribution < 1.29 is 0 Å².